The summed E-state index contributed by atoms with van der Waals surface area (Å²) < 4.78 is 15.7. The molecule has 166 valence electrons. The van der Waals surface area contributed by atoms with Gasteiger partial charge in [0.2, 0.25) is 0 Å². The summed E-state index contributed by atoms with van der Waals surface area (Å²) in [5.41, 5.74) is 1.99. The maximum Gasteiger partial charge on any atom is 0.295 e. The van der Waals surface area contributed by atoms with Gasteiger partial charge in [-0.3, -0.25) is 14.2 Å². The van der Waals surface area contributed by atoms with E-state index in [-0.39, 0.29) is 17.0 Å². The zero-order valence-electron chi connectivity index (χ0n) is 17.9. The summed E-state index contributed by atoms with van der Waals surface area (Å²) in [5, 5.41) is 0. The Hall–Kier alpha value is -4.07. The van der Waals surface area contributed by atoms with Gasteiger partial charge in [0.25, 0.3) is 11.5 Å². The first-order chi connectivity index (χ1) is 16.1. The standard InChI is InChI=1S/C25H22FN5O2/c26-20-10-5-4-9-19(20)24(32)30-15-13-29(14-16-30)23-25(33)31(17-18-7-2-1-3-8-18)22-21(28-23)11-6-12-27-22/h1-12H,13-17H2. The number of aromatic nitrogens is 3. The first-order valence-corrected chi connectivity index (χ1v) is 10.8. The normalized spacial score (nSPS) is 14.0. The molecule has 1 saturated heterocycles. The van der Waals surface area contributed by atoms with Crippen LogP contribution in [0, 0.1) is 5.82 Å². The maximum atomic E-state index is 14.0. The van der Waals surface area contributed by atoms with E-state index in [1.54, 1.807) is 33.9 Å². The monoisotopic (exact) mass is 443 g/mol. The molecule has 8 heteroatoms. The number of carbonyl (C=O) groups excluding carboxylic acids is 1. The van der Waals surface area contributed by atoms with Crippen molar-refractivity contribution in [1.29, 1.82) is 0 Å². The Kier molecular flexibility index (Phi) is 5.56. The second-order valence-corrected chi connectivity index (χ2v) is 7.92. The Bertz CT molecular complexity index is 1360. The second-order valence-electron chi connectivity index (χ2n) is 7.92. The van der Waals surface area contributed by atoms with Gasteiger partial charge in [-0.2, -0.15) is 0 Å². The number of hydrogen-bond acceptors (Lipinski definition) is 5. The van der Waals surface area contributed by atoms with Crippen LogP contribution in [-0.4, -0.2) is 51.5 Å². The predicted octanol–water partition coefficient (Wildman–Crippen LogP) is 2.94. The smallest absolute Gasteiger partial charge is 0.295 e. The van der Waals surface area contributed by atoms with Crippen LogP contribution in [0.15, 0.2) is 77.7 Å². The molecule has 0 atom stereocenters. The van der Waals surface area contributed by atoms with Crippen molar-refractivity contribution in [3.63, 3.8) is 0 Å². The summed E-state index contributed by atoms with van der Waals surface area (Å²) in [5.74, 6) is -0.535. The van der Waals surface area contributed by atoms with Crippen LogP contribution in [0.3, 0.4) is 0 Å². The van der Waals surface area contributed by atoms with Crippen molar-refractivity contribution in [2.75, 3.05) is 31.1 Å². The molecular weight excluding hydrogens is 421 g/mol. The number of piperazine rings is 1. The largest absolute Gasteiger partial charge is 0.348 e. The van der Waals surface area contributed by atoms with E-state index in [1.807, 2.05) is 41.3 Å². The van der Waals surface area contributed by atoms with Crippen LogP contribution in [0.4, 0.5) is 10.2 Å². The SMILES string of the molecule is O=C(c1ccccc1F)N1CCN(c2nc3cccnc3n(Cc3ccccc3)c2=O)CC1. The number of pyridine rings is 1. The van der Waals surface area contributed by atoms with Gasteiger partial charge in [-0.15, -0.1) is 0 Å². The molecule has 0 unspecified atom stereocenters. The Labute approximate surface area is 189 Å². The van der Waals surface area contributed by atoms with Gasteiger partial charge in [0.15, 0.2) is 11.5 Å². The van der Waals surface area contributed by atoms with Crippen molar-refractivity contribution in [2.45, 2.75) is 6.54 Å². The van der Waals surface area contributed by atoms with Crippen molar-refractivity contribution in [3.8, 4) is 0 Å². The maximum absolute atomic E-state index is 14.0. The molecule has 1 fully saturated rings. The van der Waals surface area contributed by atoms with Crippen LogP contribution in [0.25, 0.3) is 11.2 Å². The molecule has 0 N–H and O–H groups in total. The molecule has 5 rings (SSSR count). The summed E-state index contributed by atoms with van der Waals surface area (Å²) >= 11 is 0. The lowest BCUT2D eigenvalue weighted by atomic mass is 10.1. The molecule has 1 amide bonds. The number of nitrogens with zero attached hydrogens (tertiary/aromatic N) is 5. The zero-order valence-corrected chi connectivity index (χ0v) is 17.9. The van der Waals surface area contributed by atoms with Crippen LogP contribution in [0.2, 0.25) is 0 Å². The number of hydrogen-bond donors (Lipinski definition) is 0. The van der Waals surface area contributed by atoms with E-state index in [4.69, 9.17) is 0 Å². The van der Waals surface area contributed by atoms with Crippen molar-refractivity contribution in [3.05, 3.63) is 100 Å². The van der Waals surface area contributed by atoms with Gasteiger partial charge in [0.1, 0.15) is 11.3 Å². The van der Waals surface area contributed by atoms with Crippen molar-refractivity contribution >= 4 is 22.9 Å². The molecule has 3 heterocycles. The molecule has 0 radical (unpaired) electrons. The Morgan fingerprint density at radius 3 is 2.39 bits per heavy atom. The molecule has 4 aromatic rings. The summed E-state index contributed by atoms with van der Waals surface area (Å²) in [6, 6.07) is 19.3. The summed E-state index contributed by atoms with van der Waals surface area (Å²) in [4.78, 5) is 38.7. The quantitative estimate of drug-likeness (QED) is 0.485. The molecule has 0 bridgehead atoms. The number of halogens is 1. The molecule has 33 heavy (non-hydrogen) atoms. The van der Waals surface area contributed by atoms with Crippen molar-refractivity contribution < 1.29 is 9.18 Å². The van der Waals surface area contributed by atoms with Crippen molar-refractivity contribution in [1.82, 2.24) is 19.4 Å². The lowest BCUT2D eigenvalue weighted by Crippen LogP contribution is -2.50. The number of amides is 1. The number of rotatable bonds is 4. The number of fused-ring (bicyclic) bond motifs is 1. The number of carbonyl (C=O) groups is 1. The third-order valence-electron chi connectivity index (χ3n) is 5.84. The lowest BCUT2D eigenvalue weighted by Gasteiger charge is -2.35. The molecule has 0 saturated carbocycles. The minimum absolute atomic E-state index is 0.0612. The fourth-order valence-corrected chi connectivity index (χ4v) is 4.11. The molecule has 1 aliphatic rings. The van der Waals surface area contributed by atoms with Crippen LogP contribution in [0.1, 0.15) is 15.9 Å². The Balaban J connectivity index is 1.43. The average molecular weight is 443 g/mol. The van der Waals surface area contributed by atoms with Gasteiger partial charge >= 0.3 is 0 Å². The first kappa shape index (κ1) is 20.8. The zero-order chi connectivity index (χ0) is 22.8. The Morgan fingerprint density at radius 1 is 0.909 bits per heavy atom. The summed E-state index contributed by atoms with van der Waals surface area (Å²) in [7, 11) is 0. The molecule has 0 aliphatic carbocycles. The highest BCUT2D eigenvalue weighted by atomic mass is 19.1. The van der Waals surface area contributed by atoms with Crippen LogP contribution < -0.4 is 10.5 Å². The van der Waals surface area contributed by atoms with E-state index in [2.05, 4.69) is 9.97 Å². The van der Waals surface area contributed by atoms with Gasteiger partial charge in [-0.1, -0.05) is 42.5 Å². The lowest BCUT2D eigenvalue weighted by molar-refractivity contribution is 0.0741. The summed E-state index contributed by atoms with van der Waals surface area (Å²) in [6.45, 7) is 1.99. The van der Waals surface area contributed by atoms with Crippen LogP contribution >= 0.6 is 0 Å². The highest BCUT2D eigenvalue weighted by molar-refractivity contribution is 5.94. The van der Waals surface area contributed by atoms with Gasteiger partial charge in [-0.05, 0) is 29.8 Å². The average Bonchev–Trinajstić information content (AvgIpc) is 2.86. The van der Waals surface area contributed by atoms with Crippen molar-refractivity contribution in [2.24, 2.45) is 0 Å². The van der Waals surface area contributed by atoms with Crippen LogP contribution in [0.5, 0.6) is 0 Å². The second kappa shape index (κ2) is 8.82. The fourth-order valence-electron chi connectivity index (χ4n) is 4.11. The molecule has 7 nitrogen and oxygen atoms in total. The fraction of sp³-hybridized carbons (Fsp3) is 0.200. The van der Waals surface area contributed by atoms with E-state index in [1.165, 1.54) is 12.1 Å². The molecule has 2 aromatic carbocycles. The third kappa shape index (κ3) is 4.07. The van der Waals surface area contributed by atoms with E-state index in [0.717, 1.165) is 5.56 Å². The Morgan fingerprint density at radius 2 is 1.64 bits per heavy atom. The predicted molar refractivity (Wildman–Crippen MR) is 124 cm³/mol. The van der Waals surface area contributed by atoms with Gasteiger partial charge in [0.05, 0.1) is 12.1 Å². The minimum Gasteiger partial charge on any atom is -0.348 e. The topological polar surface area (TPSA) is 71.3 Å². The van der Waals surface area contributed by atoms with Gasteiger partial charge in [-0.25, -0.2) is 14.4 Å². The van der Waals surface area contributed by atoms with E-state index in [0.29, 0.717) is 49.7 Å². The van der Waals surface area contributed by atoms with Gasteiger partial charge in [0, 0.05) is 32.4 Å². The highest BCUT2D eigenvalue weighted by Crippen LogP contribution is 2.17. The number of anilines is 1. The molecule has 0 spiro atoms. The molecule has 2 aromatic heterocycles. The van der Waals surface area contributed by atoms with E-state index in [9.17, 15) is 14.0 Å². The van der Waals surface area contributed by atoms with E-state index < -0.39 is 5.82 Å². The van der Waals surface area contributed by atoms with E-state index >= 15 is 0 Å². The summed E-state index contributed by atoms with van der Waals surface area (Å²) in [6.07, 6.45) is 1.65. The third-order valence-corrected chi connectivity index (χ3v) is 5.84. The first-order valence-electron chi connectivity index (χ1n) is 10.8. The minimum atomic E-state index is -0.530. The molecular formula is C25H22FN5O2. The van der Waals surface area contributed by atoms with Crippen LogP contribution in [-0.2, 0) is 6.54 Å². The van der Waals surface area contributed by atoms with Gasteiger partial charge < -0.3 is 9.80 Å². The highest BCUT2D eigenvalue weighted by Gasteiger charge is 2.26. The molecule has 1 aliphatic heterocycles. The number of benzene rings is 2.